The molecule has 4 atom stereocenters. The highest BCUT2D eigenvalue weighted by Crippen LogP contribution is 2.57. The lowest BCUT2D eigenvalue weighted by Crippen LogP contribution is -2.73. The van der Waals surface area contributed by atoms with Gasteiger partial charge in [-0.3, -0.25) is 14.5 Å². The predicted molar refractivity (Wildman–Crippen MR) is 121 cm³/mol. The average Bonchev–Trinajstić information content (AvgIpc) is 3.52. The number of hydrogen-bond donors (Lipinski definition) is 3. The molecule has 0 spiro atoms. The molecule has 6 heteroatoms. The van der Waals surface area contributed by atoms with Crippen LogP contribution in [0.1, 0.15) is 69.9 Å². The molecule has 2 saturated carbocycles. The van der Waals surface area contributed by atoms with E-state index in [2.05, 4.69) is 10.2 Å². The minimum Gasteiger partial charge on any atom is -0.508 e. The number of nitrogens with one attached hydrogen (secondary N) is 1. The van der Waals surface area contributed by atoms with Gasteiger partial charge in [-0.15, -0.1) is 0 Å². The molecule has 4 aliphatic rings. The van der Waals surface area contributed by atoms with Crippen molar-refractivity contribution < 1.29 is 19.8 Å². The standard InChI is InChI=1S/C26H36N2O4/c1-16(2)11-24(31)27-21-13-26(32)23-8-6-18-5-7-19(29)12-20(18)25(26,14-22(21)30)9-10-28(23)15-17-3-4-17/h5,7,12,16-17,21,23,29,32H,3-4,6,8-11,13-15H2,1-2H3,(H,27,31). The molecule has 3 aliphatic carbocycles. The van der Waals surface area contributed by atoms with Crippen LogP contribution in [0.3, 0.4) is 0 Å². The van der Waals surface area contributed by atoms with Gasteiger partial charge in [-0.25, -0.2) is 0 Å². The van der Waals surface area contributed by atoms with E-state index in [0.717, 1.165) is 37.1 Å². The number of aromatic hydroxyl groups is 1. The van der Waals surface area contributed by atoms with Gasteiger partial charge in [0.2, 0.25) is 5.91 Å². The molecule has 32 heavy (non-hydrogen) atoms. The normalized spacial score (nSPS) is 34.6. The zero-order valence-electron chi connectivity index (χ0n) is 19.3. The molecule has 3 N–H and O–H groups in total. The van der Waals surface area contributed by atoms with E-state index in [-0.39, 0.29) is 42.2 Å². The Morgan fingerprint density at radius 1 is 1.28 bits per heavy atom. The van der Waals surface area contributed by atoms with Crippen LogP contribution in [0.5, 0.6) is 5.75 Å². The molecule has 174 valence electrons. The van der Waals surface area contributed by atoms with Crippen LogP contribution < -0.4 is 5.32 Å². The fourth-order valence-electron chi connectivity index (χ4n) is 6.76. The van der Waals surface area contributed by atoms with E-state index in [1.54, 1.807) is 12.1 Å². The van der Waals surface area contributed by atoms with E-state index < -0.39 is 17.1 Å². The van der Waals surface area contributed by atoms with E-state index in [4.69, 9.17) is 0 Å². The zero-order valence-corrected chi connectivity index (χ0v) is 19.3. The first-order valence-corrected chi connectivity index (χ1v) is 12.3. The fraction of sp³-hybridized carbons (Fsp3) is 0.692. The quantitative estimate of drug-likeness (QED) is 0.655. The molecule has 2 bridgehead atoms. The summed E-state index contributed by atoms with van der Waals surface area (Å²) in [6.07, 6.45) is 5.69. The van der Waals surface area contributed by atoms with Crippen molar-refractivity contribution in [1.29, 1.82) is 0 Å². The number of aryl methyl sites for hydroxylation is 1. The molecule has 1 aromatic carbocycles. The Balaban J connectivity index is 1.54. The Kier molecular flexibility index (Phi) is 5.37. The van der Waals surface area contributed by atoms with Crippen LogP contribution in [-0.2, 0) is 21.4 Å². The lowest BCUT2D eigenvalue weighted by atomic mass is 9.52. The number of benzene rings is 1. The van der Waals surface area contributed by atoms with E-state index in [1.165, 1.54) is 12.8 Å². The van der Waals surface area contributed by atoms with Gasteiger partial charge in [0, 0.05) is 37.3 Å². The van der Waals surface area contributed by atoms with Gasteiger partial charge < -0.3 is 15.5 Å². The van der Waals surface area contributed by atoms with Crippen molar-refractivity contribution in [3.05, 3.63) is 29.3 Å². The number of piperidine rings is 1. The van der Waals surface area contributed by atoms with Gasteiger partial charge in [0.1, 0.15) is 5.75 Å². The highest BCUT2D eigenvalue weighted by molar-refractivity contribution is 5.91. The SMILES string of the molecule is CC(C)CC(=O)NC1CC2(O)C3CCc4ccc(O)cc4C2(CCN3CC2CC2)CC1=O. The van der Waals surface area contributed by atoms with E-state index >= 15 is 0 Å². The maximum Gasteiger partial charge on any atom is 0.220 e. The number of ketones is 1. The largest absolute Gasteiger partial charge is 0.508 e. The van der Waals surface area contributed by atoms with Gasteiger partial charge in [-0.1, -0.05) is 19.9 Å². The molecule has 6 nitrogen and oxygen atoms in total. The smallest absolute Gasteiger partial charge is 0.220 e. The molecule has 5 rings (SSSR count). The van der Waals surface area contributed by atoms with Crippen molar-refractivity contribution in [2.24, 2.45) is 11.8 Å². The third-order valence-electron chi connectivity index (χ3n) is 8.44. The summed E-state index contributed by atoms with van der Waals surface area (Å²) in [7, 11) is 0. The molecule has 1 aromatic rings. The van der Waals surface area contributed by atoms with Gasteiger partial charge in [0.15, 0.2) is 5.78 Å². The molecule has 1 amide bonds. The number of nitrogens with zero attached hydrogens (tertiary/aromatic N) is 1. The molecular weight excluding hydrogens is 404 g/mol. The number of hydrogen-bond acceptors (Lipinski definition) is 5. The molecule has 1 saturated heterocycles. The number of fused-ring (bicyclic) bond motifs is 1. The molecular formula is C26H36N2O4. The highest BCUT2D eigenvalue weighted by atomic mass is 16.3. The van der Waals surface area contributed by atoms with Crippen LogP contribution in [0, 0.1) is 11.8 Å². The van der Waals surface area contributed by atoms with Crippen LogP contribution in [0.25, 0.3) is 0 Å². The Labute approximate surface area is 190 Å². The van der Waals surface area contributed by atoms with E-state index in [9.17, 15) is 19.8 Å². The lowest BCUT2D eigenvalue weighted by molar-refractivity contribution is -0.173. The number of rotatable bonds is 5. The Morgan fingerprint density at radius 3 is 2.78 bits per heavy atom. The van der Waals surface area contributed by atoms with Crippen molar-refractivity contribution in [2.75, 3.05) is 13.1 Å². The zero-order chi connectivity index (χ0) is 22.7. The maximum atomic E-state index is 13.4. The number of phenolic OH excluding ortho intramolecular Hbond substituents is 1. The van der Waals surface area contributed by atoms with Gasteiger partial charge in [0.05, 0.1) is 11.6 Å². The molecule has 1 aliphatic heterocycles. The first kappa shape index (κ1) is 21.9. The van der Waals surface area contributed by atoms with Crippen LogP contribution in [0.2, 0.25) is 0 Å². The van der Waals surface area contributed by atoms with Crippen molar-refractivity contribution in [3.8, 4) is 5.75 Å². The van der Waals surface area contributed by atoms with Gasteiger partial charge >= 0.3 is 0 Å². The minimum absolute atomic E-state index is 0.00244. The summed E-state index contributed by atoms with van der Waals surface area (Å²) in [5.74, 6) is 0.984. The predicted octanol–water partition coefficient (Wildman–Crippen LogP) is 2.69. The third kappa shape index (κ3) is 3.56. The number of carbonyl (C=O) groups excluding carboxylic acids is 2. The van der Waals surface area contributed by atoms with Crippen molar-refractivity contribution in [1.82, 2.24) is 10.2 Å². The van der Waals surface area contributed by atoms with Crippen LogP contribution in [0.15, 0.2) is 18.2 Å². The van der Waals surface area contributed by atoms with Gasteiger partial charge in [0.25, 0.3) is 0 Å². The topological polar surface area (TPSA) is 89.9 Å². The van der Waals surface area contributed by atoms with Crippen molar-refractivity contribution in [3.63, 3.8) is 0 Å². The van der Waals surface area contributed by atoms with E-state index in [0.29, 0.717) is 18.8 Å². The number of Topliss-reactive ketones (excluding diaryl/α,β-unsaturated/α-hetero) is 1. The fourth-order valence-corrected chi connectivity index (χ4v) is 6.76. The van der Waals surface area contributed by atoms with Gasteiger partial charge in [-0.2, -0.15) is 0 Å². The second-order valence-electron chi connectivity index (χ2n) is 11.2. The molecule has 0 aromatic heterocycles. The van der Waals surface area contributed by atoms with Crippen LogP contribution in [0.4, 0.5) is 0 Å². The second kappa shape index (κ2) is 7.84. The van der Waals surface area contributed by atoms with Crippen LogP contribution in [-0.4, -0.2) is 57.6 Å². The first-order valence-electron chi connectivity index (χ1n) is 12.3. The average molecular weight is 441 g/mol. The number of carbonyl (C=O) groups is 2. The summed E-state index contributed by atoms with van der Waals surface area (Å²) < 4.78 is 0. The Hall–Kier alpha value is -1.92. The molecule has 1 heterocycles. The molecule has 3 fully saturated rings. The second-order valence-corrected chi connectivity index (χ2v) is 11.2. The van der Waals surface area contributed by atoms with E-state index in [1.807, 2.05) is 19.9 Å². The summed E-state index contributed by atoms with van der Waals surface area (Å²) in [5.41, 5.74) is 0.239. The first-order chi connectivity index (χ1) is 15.2. The summed E-state index contributed by atoms with van der Waals surface area (Å²) in [6.45, 7) is 5.83. The third-order valence-corrected chi connectivity index (χ3v) is 8.44. The summed E-state index contributed by atoms with van der Waals surface area (Å²) in [5, 5.41) is 25.8. The summed E-state index contributed by atoms with van der Waals surface area (Å²) in [6, 6.07) is 4.76. The van der Waals surface area contributed by atoms with Crippen molar-refractivity contribution in [2.45, 2.75) is 88.3 Å². The number of likely N-dealkylation sites (tertiary alicyclic amines) is 1. The van der Waals surface area contributed by atoms with Crippen LogP contribution >= 0.6 is 0 Å². The molecule has 4 unspecified atom stereocenters. The summed E-state index contributed by atoms with van der Waals surface area (Å²) in [4.78, 5) is 28.4. The highest BCUT2D eigenvalue weighted by Gasteiger charge is 2.65. The Bertz CT molecular complexity index is 926. The molecule has 0 radical (unpaired) electrons. The maximum absolute atomic E-state index is 13.4. The lowest BCUT2D eigenvalue weighted by Gasteiger charge is -2.60. The van der Waals surface area contributed by atoms with Crippen molar-refractivity contribution >= 4 is 11.7 Å². The monoisotopic (exact) mass is 440 g/mol. The number of phenols is 1. The van der Waals surface area contributed by atoms with Gasteiger partial charge in [-0.05, 0) is 73.7 Å². The minimum atomic E-state index is -1.12. The number of aliphatic hydroxyl groups is 1. The summed E-state index contributed by atoms with van der Waals surface area (Å²) >= 11 is 0. The Morgan fingerprint density at radius 2 is 2.06 bits per heavy atom. The number of amides is 1.